The maximum atomic E-state index is 12.4. The highest BCUT2D eigenvalue weighted by molar-refractivity contribution is 5.98. The van der Waals surface area contributed by atoms with Gasteiger partial charge in [0.05, 0.1) is 12.2 Å². The van der Waals surface area contributed by atoms with Crippen LogP contribution in [-0.2, 0) is 11.4 Å². The van der Waals surface area contributed by atoms with E-state index < -0.39 is 0 Å². The van der Waals surface area contributed by atoms with E-state index in [1.807, 2.05) is 30.3 Å². The Bertz CT molecular complexity index is 670. The van der Waals surface area contributed by atoms with E-state index in [2.05, 4.69) is 15.8 Å². The molecule has 0 saturated heterocycles. The number of carbonyl (C=O) groups is 1. The fraction of sp³-hybridized carbons (Fsp3) is 0.400. The summed E-state index contributed by atoms with van der Waals surface area (Å²) in [5.41, 5.74) is 5.08. The first-order valence-electron chi connectivity index (χ1n) is 8.97. The second kappa shape index (κ2) is 9.18. The molecular formula is C20H25N3O2. The van der Waals surface area contributed by atoms with Crippen molar-refractivity contribution in [3.05, 3.63) is 59.9 Å². The molecule has 1 aromatic heterocycles. The second-order valence-electron chi connectivity index (χ2n) is 6.50. The third-order valence-electron chi connectivity index (χ3n) is 4.61. The lowest BCUT2D eigenvalue weighted by Gasteiger charge is -2.21. The molecule has 0 aliphatic heterocycles. The van der Waals surface area contributed by atoms with E-state index in [4.69, 9.17) is 4.84 Å². The summed E-state index contributed by atoms with van der Waals surface area (Å²) in [5.74, 6) is 0.350. The summed E-state index contributed by atoms with van der Waals surface area (Å²) < 4.78 is 0. The van der Waals surface area contributed by atoms with Crippen molar-refractivity contribution in [3.8, 4) is 0 Å². The van der Waals surface area contributed by atoms with Gasteiger partial charge < -0.3 is 5.32 Å². The third-order valence-corrected chi connectivity index (χ3v) is 4.61. The predicted molar refractivity (Wildman–Crippen MR) is 98.0 cm³/mol. The summed E-state index contributed by atoms with van der Waals surface area (Å²) >= 11 is 0. The van der Waals surface area contributed by atoms with Crippen molar-refractivity contribution in [2.45, 2.75) is 38.6 Å². The van der Waals surface area contributed by atoms with Crippen molar-refractivity contribution in [2.75, 3.05) is 11.9 Å². The van der Waals surface area contributed by atoms with Crippen LogP contribution in [0.25, 0.3) is 0 Å². The van der Waals surface area contributed by atoms with E-state index in [-0.39, 0.29) is 5.91 Å². The number of pyridine rings is 1. The van der Waals surface area contributed by atoms with Crippen LogP contribution >= 0.6 is 0 Å². The van der Waals surface area contributed by atoms with E-state index in [9.17, 15) is 4.79 Å². The van der Waals surface area contributed by atoms with Crippen molar-refractivity contribution in [2.24, 2.45) is 5.92 Å². The van der Waals surface area contributed by atoms with Crippen LogP contribution in [0.5, 0.6) is 0 Å². The Morgan fingerprint density at radius 2 is 1.84 bits per heavy atom. The fourth-order valence-electron chi connectivity index (χ4n) is 3.17. The minimum atomic E-state index is -0.214. The van der Waals surface area contributed by atoms with Crippen LogP contribution in [0.1, 0.15) is 48.0 Å². The van der Waals surface area contributed by atoms with Gasteiger partial charge >= 0.3 is 0 Å². The molecule has 0 unspecified atom stereocenters. The standard InChI is InChI=1S/C20H25N3O2/c24-20(23-25-15-17-6-2-1-3-7-17)18-8-4-5-9-19(18)22-14-16-10-12-21-13-11-16/h4-5,8-13,17,22H,1-3,6-7,14-15H2,(H,23,24). The van der Waals surface area contributed by atoms with E-state index in [0.29, 0.717) is 24.6 Å². The third kappa shape index (κ3) is 5.29. The molecule has 1 aliphatic carbocycles. The Balaban J connectivity index is 1.53. The zero-order valence-corrected chi connectivity index (χ0v) is 14.4. The van der Waals surface area contributed by atoms with Crippen molar-refractivity contribution < 1.29 is 9.63 Å². The van der Waals surface area contributed by atoms with Crippen molar-refractivity contribution >= 4 is 11.6 Å². The normalized spacial score (nSPS) is 14.9. The highest BCUT2D eigenvalue weighted by Gasteiger charge is 2.15. The number of hydroxylamine groups is 1. The largest absolute Gasteiger partial charge is 0.380 e. The van der Waals surface area contributed by atoms with Crippen LogP contribution in [0.2, 0.25) is 0 Å². The Hall–Kier alpha value is -2.40. The topological polar surface area (TPSA) is 63.2 Å². The van der Waals surface area contributed by atoms with Gasteiger partial charge in [-0.3, -0.25) is 14.6 Å². The molecule has 0 atom stereocenters. The smallest absolute Gasteiger partial charge is 0.276 e. The van der Waals surface area contributed by atoms with Crippen LogP contribution in [0, 0.1) is 5.92 Å². The van der Waals surface area contributed by atoms with Gasteiger partial charge in [-0.2, -0.15) is 0 Å². The summed E-state index contributed by atoms with van der Waals surface area (Å²) in [6.45, 7) is 1.23. The van der Waals surface area contributed by atoms with Crippen molar-refractivity contribution in [3.63, 3.8) is 0 Å². The molecule has 1 heterocycles. The zero-order valence-electron chi connectivity index (χ0n) is 14.4. The Kier molecular flexibility index (Phi) is 6.40. The molecular weight excluding hydrogens is 314 g/mol. The number of carbonyl (C=O) groups excluding carboxylic acids is 1. The van der Waals surface area contributed by atoms with Gasteiger partial charge in [0.25, 0.3) is 5.91 Å². The van der Waals surface area contributed by atoms with E-state index in [0.717, 1.165) is 11.3 Å². The molecule has 0 spiro atoms. The number of hydrogen-bond donors (Lipinski definition) is 2. The second-order valence-corrected chi connectivity index (χ2v) is 6.50. The molecule has 1 saturated carbocycles. The lowest BCUT2D eigenvalue weighted by atomic mass is 9.90. The number of amides is 1. The number of nitrogens with one attached hydrogen (secondary N) is 2. The van der Waals surface area contributed by atoms with Crippen LogP contribution in [0.15, 0.2) is 48.8 Å². The number of aromatic nitrogens is 1. The first-order chi connectivity index (χ1) is 12.3. The highest BCUT2D eigenvalue weighted by Crippen LogP contribution is 2.23. The van der Waals surface area contributed by atoms with E-state index in [1.165, 1.54) is 32.1 Å². The van der Waals surface area contributed by atoms with Gasteiger partial charge in [-0.15, -0.1) is 0 Å². The summed E-state index contributed by atoms with van der Waals surface area (Å²) in [5, 5.41) is 3.31. The number of para-hydroxylation sites is 1. The molecule has 2 aromatic rings. The monoisotopic (exact) mass is 339 g/mol. The SMILES string of the molecule is O=C(NOCC1CCCCC1)c1ccccc1NCc1ccncc1. The molecule has 1 aliphatic rings. The maximum Gasteiger partial charge on any atom is 0.276 e. The van der Waals surface area contributed by atoms with Crippen LogP contribution < -0.4 is 10.8 Å². The minimum absolute atomic E-state index is 0.214. The van der Waals surface area contributed by atoms with Gasteiger partial charge in [0.2, 0.25) is 0 Å². The van der Waals surface area contributed by atoms with Gasteiger partial charge in [0, 0.05) is 24.6 Å². The first-order valence-corrected chi connectivity index (χ1v) is 8.97. The minimum Gasteiger partial charge on any atom is -0.380 e. The molecule has 0 bridgehead atoms. The van der Waals surface area contributed by atoms with Crippen LogP contribution in [0.4, 0.5) is 5.69 Å². The molecule has 5 heteroatoms. The molecule has 5 nitrogen and oxygen atoms in total. The molecule has 132 valence electrons. The number of benzene rings is 1. The molecule has 2 N–H and O–H groups in total. The van der Waals surface area contributed by atoms with Crippen LogP contribution in [-0.4, -0.2) is 17.5 Å². The number of rotatable bonds is 7. The number of hydrogen-bond acceptors (Lipinski definition) is 4. The summed E-state index contributed by atoms with van der Waals surface area (Å²) in [6.07, 6.45) is 9.76. The lowest BCUT2D eigenvalue weighted by molar-refractivity contribution is 0.0107. The first kappa shape index (κ1) is 17.4. The lowest BCUT2D eigenvalue weighted by Crippen LogP contribution is -2.28. The Labute approximate surface area is 148 Å². The van der Waals surface area contributed by atoms with Gasteiger partial charge in [-0.1, -0.05) is 31.4 Å². The van der Waals surface area contributed by atoms with Crippen molar-refractivity contribution in [1.29, 1.82) is 0 Å². The molecule has 25 heavy (non-hydrogen) atoms. The molecule has 1 fully saturated rings. The summed E-state index contributed by atoms with van der Waals surface area (Å²) in [6, 6.07) is 11.4. The summed E-state index contributed by atoms with van der Waals surface area (Å²) in [7, 11) is 0. The van der Waals surface area contributed by atoms with E-state index in [1.54, 1.807) is 18.5 Å². The maximum absolute atomic E-state index is 12.4. The van der Waals surface area contributed by atoms with Gasteiger partial charge in [0.15, 0.2) is 0 Å². The predicted octanol–water partition coefficient (Wildman–Crippen LogP) is 3.94. The average Bonchev–Trinajstić information content (AvgIpc) is 2.68. The van der Waals surface area contributed by atoms with E-state index >= 15 is 0 Å². The van der Waals surface area contributed by atoms with Gasteiger partial charge in [-0.05, 0) is 48.6 Å². The number of nitrogens with zero attached hydrogens (tertiary/aromatic N) is 1. The number of anilines is 1. The molecule has 3 rings (SSSR count). The zero-order chi connectivity index (χ0) is 17.3. The molecule has 1 amide bonds. The van der Waals surface area contributed by atoms with Gasteiger partial charge in [-0.25, -0.2) is 5.48 Å². The highest BCUT2D eigenvalue weighted by atomic mass is 16.6. The molecule has 1 aromatic carbocycles. The average molecular weight is 339 g/mol. The fourth-order valence-corrected chi connectivity index (χ4v) is 3.17. The summed E-state index contributed by atoms with van der Waals surface area (Å²) in [4.78, 5) is 21.9. The quantitative estimate of drug-likeness (QED) is 0.750. The Morgan fingerprint density at radius 1 is 1.08 bits per heavy atom. The van der Waals surface area contributed by atoms with Crippen molar-refractivity contribution in [1.82, 2.24) is 10.5 Å². The molecule has 0 radical (unpaired) electrons. The van der Waals surface area contributed by atoms with Gasteiger partial charge in [0.1, 0.15) is 0 Å². The van der Waals surface area contributed by atoms with Crippen LogP contribution in [0.3, 0.4) is 0 Å². The Morgan fingerprint density at radius 3 is 2.64 bits per heavy atom.